The molecule has 0 unspecified atom stereocenters. The van der Waals surface area contributed by atoms with Crippen LogP contribution in [0.15, 0.2) is 42.6 Å². The van der Waals surface area contributed by atoms with E-state index in [9.17, 15) is 49.1 Å². The van der Waals surface area contributed by atoms with E-state index in [1.54, 1.807) is 0 Å². The number of hydrogen-bond donors (Lipinski definition) is 0. The van der Waals surface area contributed by atoms with Crippen molar-refractivity contribution in [1.29, 1.82) is 0 Å². The first-order valence-corrected chi connectivity index (χ1v) is 8.77. The van der Waals surface area contributed by atoms with Crippen LogP contribution in [0.5, 0.6) is 0 Å². The Morgan fingerprint density at radius 3 is 1.79 bits per heavy atom. The molecule has 1 heterocycles. The molecule has 0 saturated heterocycles. The largest absolute Gasteiger partial charge is 0.449 e. The van der Waals surface area contributed by atoms with Crippen molar-refractivity contribution in [2.45, 2.75) is 31.6 Å². The second kappa shape index (κ2) is 9.67. The summed E-state index contributed by atoms with van der Waals surface area (Å²) in [5.41, 5.74) is -2.25. The standard InChI is InChI=1S/C19H13F9N2O3/c20-17(21,22)10-33-16(32)15(31)30(8-11-1-4-13(5-2-11)18(23,24)25)9-12-3-6-14(29-7-12)19(26,27)28/h1-7H,8-10H2. The monoisotopic (exact) mass is 488 g/mol. The highest BCUT2D eigenvalue weighted by molar-refractivity contribution is 6.32. The summed E-state index contributed by atoms with van der Waals surface area (Å²) in [5.74, 6) is -3.49. The first-order chi connectivity index (χ1) is 15.1. The number of hydrogen-bond acceptors (Lipinski definition) is 4. The summed E-state index contributed by atoms with van der Waals surface area (Å²) in [4.78, 5) is 27.9. The van der Waals surface area contributed by atoms with Crippen LogP contribution in [-0.4, -0.2) is 34.5 Å². The van der Waals surface area contributed by atoms with E-state index in [0.29, 0.717) is 23.1 Å². The van der Waals surface area contributed by atoms with Gasteiger partial charge in [0.1, 0.15) is 5.69 Å². The maximum Gasteiger partial charge on any atom is 0.433 e. The van der Waals surface area contributed by atoms with E-state index in [2.05, 4.69) is 9.72 Å². The van der Waals surface area contributed by atoms with Crippen LogP contribution in [-0.2, 0) is 39.8 Å². The molecule has 5 nitrogen and oxygen atoms in total. The van der Waals surface area contributed by atoms with Crippen molar-refractivity contribution in [2.24, 2.45) is 0 Å². The van der Waals surface area contributed by atoms with Gasteiger partial charge in [-0.05, 0) is 29.3 Å². The molecule has 2 rings (SSSR count). The third-order valence-corrected chi connectivity index (χ3v) is 3.97. The quantitative estimate of drug-likeness (QED) is 0.346. The Morgan fingerprint density at radius 2 is 1.33 bits per heavy atom. The maximum atomic E-state index is 12.7. The molecule has 0 aliphatic rings. The number of esters is 1. The maximum absolute atomic E-state index is 12.7. The lowest BCUT2D eigenvalue weighted by atomic mass is 10.1. The van der Waals surface area contributed by atoms with Gasteiger partial charge in [-0.2, -0.15) is 39.5 Å². The van der Waals surface area contributed by atoms with Crippen LogP contribution in [0, 0.1) is 0 Å². The molecule has 2 aromatic rings. The Bertz CT molecular complexity index is 907. The van der Waals surface area contributed by atoms with Crippen molar-refractivity contribution in [2.75, 3.05) is 6.61 Å². The first kappa shape index (κ1) is 25.9. The van der Waals surface area contributed by atoms with Crippen LogP contribution < -0.4 is 0 Å². The third-order valence-electron chi connectivity index (χ3n) is 3.97. The molecule has 0 bridgehead atoms. The molecule has 0 saturated carbocycles. The number of aromatic nitrogens is 1. The van der Waals surface area contributed by atoms with Gasteiger partial charge in [-0.3, -0.25) is 9.78 Å². The third kappa shape index (κ3) is 7.95. The highest BCUT2D eigenvalue weighted by Crippen LogP contribution is 2.30. The van der Waals surface area contributed by atoms with Crippen LogP contribution in [0.1, 0.15) is 22.4 Å². The van der Waals surface area contributed by atoms with Crippen molar-refractivity contribution in [3.63, 3.8) is 0 Å². The summed E-state index contributed by atoms with van der Waals surface area (Å²) in [5, 5.41) is 0. The van der Waals surface area contributed by atoms with E-state index < -0.39 is 61.4 Å². The number of rotatable bonds is 5. The van der Waals surface area contributed by atoms with E-state index in [1.807, 2.05) is 0 Å². The predicted molar refractivity (Wildman–Crippen MR) is 92.0 cm³/mol. The Morgan fingerprint density at radius 1 is 0.788 bits per heavy atom. The van der Waals surface area contributed by atoms with Gasteiger partial charge >= 0.3 is 30.4 Å². The number of ether oxygens (including phenoxy) is 1. The molecule has 0 aliphatic carbocycles. The van der Waals surface area contributed by atoms with Crippen LogP contribution in [0.3, 0.4) is 0 Å². The van der Waals surface area contributed by atoms with Crippen LogP contribution >= 0.6 is 0 Å². The molecule has 14 heteroatoms. The first-order valence-electron chi connectivity index (χ1n) is 8.77. The lowest BCUT2D eigenvalue weighted by Crippen LogP contribution is -2.38. The van der Waals surface area contributed by atoms with E-state index in [1.165, 1.54) is 0 Å². The van der Waals surface area contributed by atoms with Gasteiger partial charge in [0.15, 0.2) is 6.61 Å². The van der Waals surface area contributed by atoms with Crippen LogP contribution in [0.25, 0.3) is 0 Å². The van der Waals surface area contributed by atoms with Gasteiger partial charge in [0, 0.05) is 19.3 Å². The SMILES string of the molecule is O=C(OCC(F)(F)F)C(=O)N(Cc1ccc(C(F)(F)F)cc1)Cc1ccc(C(F)(F)F)nc1. The zero-order chi connectivity index (χ0) is 25.0. The van der Waals surface area contributed by atoms with E-state index in [0.717, 1.165) is 24.4 Å². The van der Waals surface area contributed by atoms with Gasteiger partial charge in [-0.25, -0.2) is 4.79 Å². The van der Waals surface area contributed by atoms with E-state index in [4.69, 9.17) is 0 Å². The molecule has 180 valence electrons. The van der Waals surface area contributed by atoms with Crippen molar-refractivity contribution >= 4 is 11.9 Å². The fourth-order valence-corrected chi connectivity index (χ4v) is 2.46. The van der Waals surface area contributed by atoms with Crippen molar-refractivity contribution in [3.8, 4) is 0 Å². The number of carbonyl (C=O) groups is 2. The van der Waals surface area contributed by atoms with E-state index in [-0.39, 0.29) is 11.1 Å². The number of amides is 1. The van der Waals surface area contributed by atoms with Crippen molar-refractivity contribution in [3.05, 3.63) is 65.0 Å². The fraction of sp³-hybridized carbons (Fsp3) is 0.316. The number of alkyl halides is 9. The molecule has 1 aromatic carbocycles. The van der Waals surface area contributed by atoms with Crippen molar-refractivity contribution in [1.82, 2.24) is 9.88 Å². The summed E-state index contributed by atoms with van der Waals surface area (Å²) in [6.07, 6.45) is -13.6. The predicted octanol–water partition coefficient (Wildman–Crippen LogP) is 4.75. The second-order valence-corrected chi connectivity index (χ2v) is 6.60. The molecular formula is C19H13F9N2O3. The average molecular weight is 488 g/mol. The van der Waals surface area contributed by atoms with Gasteiger partial charge in [-0.1, -0.05) is 18.2 Å². The molecule has 1 aromatic heterocycles. The molecule has 0 atom stereocenters. The Kier molecular flexibility index (Phi) is 7.60. The fourth-order valence-electron chi connectivity index (χ4n) is 2.46. The summed E-state index contributed by atoms with van der Waals surface area (Å²) < 4.78 is 117. The smallest absolute Gasteiger partial charge is 0.433 e. The van der Waals surface area contributed by atoms with Gasteiger partial charge in [0.05, 0.1) is 5.56 Å². The molecular weight excluding hydrogens is 475 g/mol. The van der Waals surface area contributed by atoms with Gasteiger partial charge in [-0.15, -0.1) is 0 Å². The number of carbonyl (C=O) groups excluding carboxylic acids is 2. The zero-order valence-electron chi connectivity index (χ0n) is 16.2. The molecule has 0 radical (unpaired) electrons. The summed E-state index contributed by atoms with van der Waals surface area (Å²) in [6, 6.07) is 4.80. The van der Waals surface area contributed by atoms with Crippen LogP contribution in [0.2, 0.25) is 0 Å². The Labute approximate surface area is 179 Å². The van der Waals surface area contributed by atoms with E-state index >= 15 is 0 Å². The molecule has 0 aliphatic heterocycles. The zero-order valence-corrected chi connectivity index (χ0v) is 16.2. The Balaban J connectivity index is 2.25. The highest BCUT2D eigenvalue weighted by Gasteiger charge is 2.34. The number of pyridine rings is 1. The summed E-state index contributed by atoms with van der Waals surface area (Å²) in [6.45, 7) is -3.21. The number of nitrogens with zero attached hydrogens (tertiary/aromatic N) is 2. The topological polar surface area (TPSA) is 59.5 Å². The minimum Gasteiger partial charge on any atom is -0.449 e. The highest BCUT2D eigenvalue weighted by atomic mass is 19.4. The Hall–Kier alpha value is -3.32. The van der Waals surface area contributed by atoms with Crippen LogP contribution in [0.4, 0.5) is 39.5 Å². The van der Waals surface area contributed by atoms with Gasteiger partial charge in [0.2, 0.25) is 0 Å². The number of halogens is 9. The minimum absolute atomic E-state index is 0.0353. The molecule has 1 amide bonds. The lowest BCUT2D eigenvalue weighted by Gasteiger charge is -2.22. The molecule has 0 fully saturated rings. The summed E-state index contributed by atoms with van der Waals surface area (Å²) >= 11 is 0. The average Bonchev–Trinajstić information content (AvgIpc) is 2.70. The van der Waals surface area contributed by atoms with Crippen molar-refractivity contribution < 1.29 is 53.8 Å². The summed E-state index contributed by atoms with van der Waals surface area (Å²) in [7, 11) is 0. The molecule has 33 heavy (non-hydrogen) atoms. The van der Waals surface area contributed by atoms with Gasteiger partial charge < -0.3 is 9.64 Å². The molecule has 0 spiro atoms. The number of benzene rings is 1. The minimum atomic E-state index is -4.93. The lowest BCUT2D eigenvalue weighted by molar-refractivity contribution is -0.189. The second-order valence-electron chi connectivity index (χ2n) is 6.60. The normalized spacial score (nSPS) is 12.4. The molecule has 0 N–H and O–H groups in total. The van der Waals surface area contributed by atoms with Gasteiger partial charge in [0.25, 0.3) is 0 Å².